The van der Waals surface area contributed by atoms with Crippen molar-refractivity contribution >= 4 is 0 Å². The first-order valence-corrected chi connectivity index (χ1v) is 6.42. The maximum atomic E-state index is 12.6. The Morgan fingerprint density at radius 3 is 2.53 bits per heavy atom. The van der Waals surface area contributed by atoms with Crippen molar-refractivity contribution in [3.63, 3.8) is 0 Å². The molecule has 17 heavy (non-hydrogen) atoms. The summed E-state index contributed by atoms with van der Waals surface area (Å²) in [5, 5.41) is 3.33. The molecule has 0 fully saturated rings. The number of hydrogen-bond donors (Lipinski definition) is 1. The molecule has 1 N–H and O–H groups in total. The Bertz CT molecular complexity index is 287. The lowest BCUT2D eigenvalue weighted by Gasteiger charge is -2.07. The van der Waals surface area contributed by atoms with Gasteiger partial charge in [0, 0.05) is 6.54 Å². The lowest BCUT2D eigenvalue weighted by atomic mass is 10.2. The Morgan fingerprint density at radius 2 is 1.82 bits per heavy atom. The van der Waals surface area contributed by atoms with E-state index in [1.807, 2.05) is 0 Å². The normalized spacial score (nSPS) is 10.5. The van der Waals surface area contributed by atoms with Gasteiger partial charge in [-0.15, -0.1) is 0 Å². The summed E-state index contributed by atoms with van der Waals surface area (Å²) >= 11 is 0. The van der Waals surface area contributed by atoms with Gasteiger partial charge in [-0.25, -0.2) is 4.39 Å². The van der Waals surface area contributed by atoms with Gasteiger partial charge in [-0.05, 0) is 37.2 Å². The summed E-state index contributed by atoms with van der Waals surface area (Å²) in [7, 11) is 0. The van der Waals surface area contributed by atoms with E-state index >= 15 is 0 Å². The topological polar surface area (TPSA) is 21.3 Å². The van der Waals surface area contributed by atoms with Crippen molar-refractivity contribution < 1.29 is 9.13 Å². The van der Waals surface area contributed by atoms with E-state index in [1.54, 1.807) is 12.1 Å². The molecule has 0 saturated carbocycles. The lowest BCUT2D eigenvalue weighted by Crippen LogP contribution is -2.22. The minimum Gasteiger partial charge on any atom is -0.492 e. The maximum Gasteiger partial charge on any atom is 0.123 e. The van der Waals surface area contributed by atoms with Gasteiger partial charge in [-0.3, -0.25) is 0 Å². The highest BCUT2D eigenvalue weighted by atomic mass is 19.1. The second-order valence-corrected chi connectivity index (χ2v) is 4.11. The molecule has 1 aromatic carbocycles. The molecule has 0 bridgehead atoms. The summed E-state index contributed by atoms with van der Waals surface area (Å²) in [6, 6.07) is 6.12. The van der Waals surface area contributed by atoms with Gasteiger partial charge < -0.3 is 10.1 Å². The Hall–Kier alpha value is -1.09. The highest BCUT2D eigenvalue weighted by Gasteiger charge is 1.94. The van der Waals surface area contributed by atoms with E-state index in [9.17, 15) is 4.39 Å². The summed E-state index contributed by atoms with van der Waals surface area (Å²) in [5.41, 5.74) is 0. The molecule has 0 amide bonds. The van der Waals surface area contributed by atoms with Crippen molar-refractivity contribution in [3.05, 3.63) is 30.1 Å². The first-order chi connectivity index (χ1) is 8.33. The third-order valence-electron chi connectivity index (χ3n) is 2.57. The average Bonchev–Trinajstić information content (AvgIpc) is 2.35. The van der Waals surface area contributed by atoms with Gasteiger partial charge >= 0.3 is 0 Å². The van der Waals surface area contributed by atoms with Gasteiger partial charge in [-0.1, -0.05) is 26.2 Å². The summed E-state index contributed by atoms with van der Waals surface area (Å²) in [5.74, 6) is 0.491. The quantitative estimate of drug-likeness (QED) is 0.667. The molecule has 1 aromatic rings. The molecule has 0 aromatic heterocycles. The molecular weight excluding hydrogens is 217 g/mol. The van der Waals surface area contributed by atoms with Crippen molar-refractivity contribution in [2.24, 2.45) is 0 Å². The Labute approximate surface area is 103 Å². The second-order valence-electron chi connectivity index (χ2n) is 4.11. The molecule has 1 rings (SSSR count). The molecule has 0 unspecified atom stereocenters. The molecule has 0 saturated heterocycles. The van der Waals surface area contributed by atoms with Crippen LogP contribution in [-0.4, -0.2) is 19.7 Å². The molecule has 0 atom stereocenters. The van der Waals surface area contributed by atoms with Crippen molar-refractivity contribution in [3.8, 4) is 5.75 Å². The fraction of sp³-hybridized carbons (Fsp3) is 0.571. The molecule has 2 nitrogen and oxygen atoms in total. The van der Waals surface area contributed by atoms with Crippen LogP contribution in [0.25, 0.3) is 0 Å². The third kappa shape index (κ3) is 6.95. The SMILES string of the molecule is CCCCCCNCCOc1ccc(F)cc1. The van der Waals surface area contributed by atoms with E-state index in [0.717, 1.165) is 18.8 Å². The second kappa shape index (κ2) is 8.99. The number of halogens is 1. The van der Waals surface area contributed by atoms with Gasteiger partial charge in [0.25, 0.3) is 0 Å². The van der Waals surface area contributed by atoms with Gasteiger partial charge in [0.1, 0.15) is 18.2 Å². The number of nitrogens with one attached hydrogen (secondary N) is 1. The summed E-state index contributed by atoms with van der Waals surface area (Å²) in [6.07, 6.45) is 5.11. The number of hydrogen-bond acceptors (Lipinski definition) is 2. The lowest BCUT2D eigenvalue weighted by molar-refractivity contribution is 0.313. The fourth-order valence-electron chi connectivity index (χ4n) is 1.57. The Kier molecular flexibility index (Phi) is 7.39. The van der Waals surface area contributed by atoms with Crippen LogP contribution in [0.1, 0.15) is 32.6 Å². The zero-order valence-corrected chi connectivity index (χ0v) is 10.5. The number of benzene rings is 1. The Morgan fingerprint density at radius 1 is 1.06 bits per heavy atom. The van der Waals surface area contributed by atoms with Crippen LogP contribution in [0, 0.1) is 5.82 Å². The molecule has 0 radical (unpaired) electrons. The largest absolute Gasteiger partial charge is 0.492 e. The molecule has 0 heterocycles. The van der Waals surface area contributed by atoms with Gasteiger partial charge in [0.2, 0.25) is 0 Å². The molecular formula is C14H22FNO. The summed E-state index contributed by atoms with van der Waals surface area (Å²) in [6.45, 7) is 4.72. The van der Waals surface area contributed by atoms with Crippen molar-refractivity contribution in [2.45, 2.75) is 32.6 Å². The van der Waals surface area contributed by atoms with Gasteiger partial charge in [-0.2, -0.15) is 0 Å². The van der Waals surface area contributed by atoms with Gasteiger partial charge in [0.05, 0.1) is 0 Å². The zero-order chi connectivity index (χ0) is 12.3. The van der Waals surface area contributed by atoms with Gasteiger partial charge in [0.15, 0.2) is 0 Å². The molecule has 0 aliphatic rings. The molecule has 0 spiro atoms. The van der Waals surface area contributed by atoms with Crippen molar-refractivity contribution in [2.75, 3.05) is 19.7 Å². The van der Waals surface area contributed by atoms with Crippen LogP contribution < -0.4 is 10.1 Å². The van der Waals surface area contributed by atoms with E-state index in [1.165, 1.54) is 37.8 Å². The first kappa shape index (κ1) is 14.0. The highest BCUT2D eigenvalue weighted by Crippen LogP contribution is 2.10. The van der Waals surface area contributed by atoms with Crippen LogP contribution >= 0.6 is 0 Å². The van der Waals surface area contributed by atoms with Crippen molar-refractivity contribution in [1.82, 2.24) is 5.32 Å². The molecule has 0 aliphatic heterocycles. The molecule has 0 aliphatic carbocycles. The van der Waals surface area contributed by atoms with E-state index < -0.39 is 0 Å². The van der Waals surface area contributed by atoms with Crippen LogP contribution in [0.5, 0.6) is 5.75 Å². The summed E-state index contributed by atoms with van der Waals surface area (Å²) in [4.78, 5) is 0. The standard InChI is InChI=1S/C14H22FNO/c1-2-3-4-5-10-16-11-12-17-14-8-6-13(15)7-9-14/h6-9,16H,2-5,10-12H2,1H3. The smallest absolute Gasteiger partial charge is 0.123 e. The zero-order valence-electron chi connectivity index (χ0n) is 10.5. The first-order valence-electron chi connectivity index (χ1n) is 6.42. The van der Waals surface area contributed by atoms with Crippen LogP contribution in [0.3, 0.4) is 0 Å². The van der Waals surface area contributed by atoms with Crippen LogP contribution in [-0.2, 0) is 0 Å². The van der Waals surface area contributed by atoms with E-state index in [-0.39, 0.29) is 5.82 Å². The van der Waals surface area contributed by atoms with Crippen LogP contribution in [0.2, 0.25) is 0 Å². The van der Waals surface area contributed by atoms with Crippen molar-refractivity contribution in [1.29, 1.82) is 0 Å². The Balaban J connectivity index is 1.95. The predicted molar refractivity (Wildman–Crippen MR) is 68.9 cm³/mol. The predicted octanol–water partition coefficient (Wildman–Crippen LogP) is 3.37. The van der Waals surface area contributed by atoms with E-state index in [0.29, 0.717) is 6.61 Å². The van der Waals surface area contributed by atoms with Crippen LogP contribution in [0.4, 0.5) is 4.39 Å². The monoisotopic (exact) mass is 239 g/mol. The molecule has 3 heteroatoms. The van der Waals surface area contributed by atoms with E-state index in [2.05, 4.69) is 12.2 Å². The summed E-state index contributed by atoms with van der Waals surface area (Å²) < 4.78 is 18.1. The highest BCUT2D eigenvalue weighted by molar-refractivity contribution is 5.21. The number of ether oxygens (including phenoxy) is 1. The average molecular weight is 239 g/mol. The minimum atomic E-state index is -0.230. The number of unbranched alkanes of at least 4 members (excludes halogenated alkanes) is 3. The molecule has 96 valence electrons. The van der Waals surface area contributed by atoms with Crippen LogP contribution in [0.15, 0.2) is 24.3 Å². The maximum absolute atomic E-state index is 12.6. The third-order valence-corrected chi connectivity index (χ3v) is 2.57. The minimum absolute atomic E-state index is 0.230. The number of rotatable bonds is 9. The fourth-order valence-corrected chi connectivity index (χ4v) is 1.57. The van der Waals surface area contributed by atoms with E-state index in [4.69, 9.17) is 4.74 Å².